The summed E-state index contributed by atoms with van der Waals surface area (Å²) < 4.78 is 34.0. The standard InChI is InChI=1S/C13H16N2O4S/c1-10(2)12-14-13(19-15-12)18-8-9-20(16,17)11-6-4-3-5-7-11/h3-7,10H,8-9H2,1-2H3. The van der Waals surface area contributed by atoms with Gasteiger partial charge in [-0.15, -0.1) is 0 Å². The third kappa shape index (κ3) is 3.57. The maximum absolute atomic E-state index is 12.0. The maximum atomic E-state index is 12.0. The van der Waals surface area contributed by atoms with Crippen molar-refractivity contribution in [1.82, 2.24) is 10.1 Å². The van der Waals surface area contributed by atoms with E-state index in [2.05, 4.69) is 10.1 Å². The first-order valence-electron chi connectivity index (χ1n) is 6.23. The highest BCUT2D eigenvalue weighted by molar-refractivity contribution is 7.91. The Morgan fingerprint density at radius 3 is 2.55 bits per heavy atom. The van der Waals surface area contributed by atoms with Crippen molar-refractivity contribution in [3.8, 4) is 6.08 Å². The summed E-state index contributed by atoms with van der Waals surface area (Å²) in [7, 11) is -3.35. The molecule has 2 aromatic rings. The van der Waals surface area contributed by atoms with Gasteiger partial charge in [0.2, 0.25) is 0 Å². The van der Waals surface area contributed by atoms with Gasteiger partial charge >= 0.3 is 6.08 Å². The van der Waals surface area contributed by atoms with Crippen molar-refractivity contribution in [2.24, 2.45) is 0 Å². The van der Waals surface area contributed by atoms with E-state index in [9.17, 15) is 8.42 Å². The highest BCUT2D eigenvalue weighted by atomic mass is 32.2. The van der Waals surface area contributed by atoms with Crippen LogP contribution in [-0.2, 0) is 9.84 Å². The Labute approximate surface area is 117 Å². The molecule has 0 bridgehead atoms. The predicted octanol–water partition coefficient (Wildman–Crippen LogP) is 2.05. The fourth-order valence-corrected chi connectivity index (χ4v) is 2.61. The predicted molar refractivity (Wildman–Crippen MR) is 72.4 cm³/mol. The molecule has 20 heavy (non-hydrogen) atoms. The van der Waals surface area contributed by atoms with Crippen LogP contribution in [0.5, 0.6) is 6.08 Å². The summed E-state index contributed by atoms with van der Waals surface area (Å²) in [5, 5.41) is 3.73. The summed E-state index contributed by atoms with van der Waals surface area (Å²) in [5.74, 6) is 0.520. The zero-order chi connectivity index (χ0) is 14.6. The van der Waals surface area contributed by atoms with Crippen molar-refractivity contribution >= 4 is 9.84 Å². The molecule has 0 aliphatic carbocycles. The van der Waals surface area contributed by atoms with Gasteiger partial charge in [-0.2, -0.15) is 4.98 Å². The summed E-state index contributed by atoms with van der Waals surface area (Å²) in [6.07, 6.45) is -0.00281. The van der Waals surface area contributed by atoms with Crippen LogP contribution < -0.4 is 4.74 Å². The molecule has 0 aliphatic rings. The zero-order valence-corrected chi connectivity index (χ0v) is 12.1. The molecule has 0 spiro atoms. The fourth-order valence-electron chi connectivity index (χ4n) is 1.50. The molecule has 108 valence electrons. The van der Waals surface area contributed by atoms with Crippen LogP contribution in [0.4, 0.5) is 0 Å². The Balaban J connectivity index is 1.92. The number of ether oxygens (including phenoxy) is 1. The Bertz CT molecular complexity index is 650. The maximum Gasteiger partial charge on any atom is 0.417 e. The Kier molecular flexibility index (Phi) is 4.39. The Morgan fingerprint density at radius 1 is 1.25 bits per heavy atom. The van der Waals surface area contributed by atoms with Gasteiger partial charge in [0.25, 0.3) is 0 Å². The molecule has 1 aromatic carbocycles. The van der Waals surface area contributed by atoms with Crippen molar-refractivity contribution in [3.05, 3.63) is 36.2 Å². The van der Waals surface area contributed by atoms with Gasteiger partial charge in [0.15, 0.2) is 15.7 Å². The molecule has 6 nitrogen and oxygen atoms in total. The topological polar surface area (TPSA) is 82.3 Å². The van der Waals surface area contributed by atoms with Gasteiger partial charge in [-0.1, -0.05) is 37.2 Å². The van der Waals surface area contributed by atoms with E-state index in [0.29, 0.717) is 5.82 Å². The third-order valence-electron chi connectivity index (χ3n) is 2.62. The molecule has 0 fully saturated rings. The van der Waals surface area contributed by atoms with Gasteiger partial charge in [0, 0.05) is 5.92 Å². The van der Waals surface area contributed by atoms with Crippen molar-refractivity contribution < 1.29 is 17.7 Å². The average Bonchev–Trinajstić information content (AvgIpc) is 2.89. The van der Waals surface area contributed by atoms with Crippen molar-refractivity contribution in [2.75, 3.05) is 12.4 Å². The number of sulfone groups is 1. The van der Waals surface area contributed by atoms with Crippen LogP contribution in [0.15, 0.2) is 39.8 Å². The van der Waals surface area contributed by atoms with Crippen LogP contribution >= 0.6 is 0 Å². The molecule has 0 N–H and O–H groups in total. The Morgan fingerprint density at radius 2 is 1.95 bits per heavy atom. The minimum Gasteiger partial charge on any atom is -0.448 e. The lowest BCUT2D eigenvalue weighted by molar-refractivity contribution is 0.216. The van der Waals surface area contributed by atoms with Crippen LogP contribution in [0, 0.1) is 0 Å². The van der Waals surface area contributed by atoms with Crippen molar-refractivity contribution in [1.29, 1.82) is 0 Å². The largest absolute Gasteiger partial charge is 0.448 e. The average molecular weight is 296 g/mol. The van der Waals surface area contributed by atoms with Crippen LogP contribution in [0.1, 0.15) is 25.6 Å². The molecular weight excluding hydrogens is 280 g/mol. The molecule has 0 radical (unpaired) electrons. The second-order valence-corrected chi connectivity index (χ2v) is 6.66. The second kappa shape index (κ2) is 6.04. The molecule has 1 aromatic heterocycles. The lowest BCUT2D eigenvalue weighted by Crippen LogP contribution is -2.14. The number of nitrogens with zero attached hydrogens (tertiary/aromatic N) is 2. The highest BCUT2D eigenvalue weighted by Crippen LogP contribution is 2.15. The molecule has 0 atom stereocenters. The van der Waals surface area contributed by atoms with Gasteiger partial charge < -0.3 is 4.74 Å². The van der Waals surface area contributed by atoms with E-state index in [1.807, 2.05) is 13.8 Å². The SMILES string of the molecule is CC(C)c1noc(OCCS(=O)(=O)c2ccccc2)n1. The van der Waals surface area contributed by atoms with Crippen LogP contribution in [-0.4, -0.2) is 30.9 Å². The normalized spacial score (nSPS) is 11.8. The molecule has 0 amide bonds. The van der Waals surface area contributed by atoms with Gasteiger partial charge in [-0.05, 0) is 12.1 Å². The lowest BCUT2D eigenvalue weighted by atomic mass is 10.2. The summed E-state index contributed by atoms with van der Waals surface area (Å²) >= 11 is 0. The molecule has 1 heterocycles. The minimum absolute atomic E-state index is 0.00281. The van der Waals surface area contributed by atoms with Crippen LogP contribution in [0.25, 0.3) is 0 Å². The third-order valence-corrected chi connectivity index (χ3v) is 4.31. The molecular formula is C13H16N2O4S. The van der Waals surface area contributed by atoms with E-state index in [1.165, 1.54) is 0 Å². The number of hydrogen-bond donors (Lipinski definition) is 0. The summed E-state index contributed by atoms with van der Waals surface area (Å²) in [6, 6.07) is 8.24. The van der Waals surface area contributed by atoms with Gasteiger partial charge in [0.1, 0.15) is 6.61 Å². The van der Waals surface area contributed by atoms with Gasteiger partial charge in [-0.3, -0.25) is 4.52 Å². The second-order valence-electron chi connectivity index (χ2n) is 4.55. The summed E-state index contributed by atoms with van der Waals surface area (Å²) in [4.78, 5) is 4.28. The molecule has 0 saturated heterocycles. The van der Waals surface area contributed by atoms with E-state index < -0.39 is 9.84 Å². The van der Waals surface area contributed by atoms with Gasteiger partial charge in [-0.25, -0.2) is 8.42 Å². The van der Waals surface area contributed by atoms with Crippen molar-refractivity contribution in [3.63, 3.8) is 0 Å². The zero-order valence-electron chi connectivity index (χ0n) is 11.3. The van der Waals surface area contributed by atoms with Crippen molar-refractivity contribution in [2.45, 2.75) is 24.7 Å². The van der Waals surface area contributed by atoms with E-state index in [-0.39, 0.29) is 29.2 Å². The Hall–Kier alpha value is -1.89. The molecule has 7 heteroatoms. The lowest BCUT2D eigenvalue weighted by Gasteiger charge is -2.03. The van der Waals surface area contributed by atoms with E-state index in [4.69, 9.17) is 9.26 Å². The monoisotopic (exact) mass is 296 g/mol. The molecule has 0 unspecified atom stereocenters. The van der Waals surface area contributed by atoms with E-state index in [1.54, 1.807) is 30.3 Å². The smallest absolute Gasteiger partial charge is 0.417 e. The number of hydrogen-bond acceptors (Lipinski definition) is 6. The number of rotatable bonds is 6. The molecule has 0 aliphatic heterocycles. The first-order chi connectivity index (χ1) is 9.49. The van der Waals surface area contributed by atoms with Gasteiger partial charge in [0.05, 0.1) is 10.6 Å². The summed E-state index contributed by atoms with van der Waals surface area (Å²) in [6.45, 7) is 3.82. The molecule has 0 saturated carbocycles. The van der Waals surface area contributed by atoms with E-state index >= 15 is 0 Å². The quantitative estimate of drug-likeness (QED) is 0.811. The first kappa shape index (κ1) is 14.5. The molecule has 2 rings (SSSR count). The van der Waals surface area contributed by atoms with E-state index in [0.717, 1.165) is 0 Å². The highest BCUT2D eigenvalue weighted by Gasteiger charge is 2.15. The first-order valence-corrected chi connectivity index (χ1v) is 7.88. The summed E-state index contributed by atoms with van der Waals surface area (Å²) in [5.41, 5.74) is 0. The van der Waals surface area contributed by atoms with Crippen LogP contribution in [0.2, 0.25) is 0 Å². The number of aromatic nitrogens is 2. The fraction of sp³-hybridized carbons (Fsp3) is 0.385. The van der Waals surface area contributed by atoms with Crippen LogP contribution in [0.3, 0.4) is 0 Å². The minimum atomic E-state index is -3.35. The number of benzene rings is 1.